The first-order valence-electron chi connectivity index (χ1n) is 9.39. The molecule has 0 unspecified atom stereocenters. The number of fused-ring (bicyclic) bond motifs is 1. The third kappa shape index (κ3) is 4.67. The molecule has 2 heterocycles. The molecule has 0 spiro atoms. The van der Waals surface area contributed by atoms with E-state index in [4.69, 9.17) is 28.8 Å². The number of nitrogens with one attached hydrogen (secondary N) is 2. The minimum atomic E-state index is 0.441. The average Bonchev–Trinajstić information content (AvgIpc) is 3.32. The lowest BCUT2D eigenvalue weighted by molar-refractivity contribution is 0.866. The van der Waals surface area contributed by atoms with Crippen LogP contribution in [0.4, 0.5) is 0 Å². The number of thiocarbonyl (C=S) groups is 1. The Balaban J connectivity index is 1.54. The van der Waals surface area contributed by atoms with Crippen molar-refractivity contribution in [2.75, 3.05) is 0 Å². The fraction of sp³-hybridized carbons (Fsp3) is 0.143. The molecule has 0 aliphatic rings. The number of hydrazone groups is 1. The van der Waals surface area contributed by atoms with Gasteiger partial charge in [-0.15, -0.1) is 0 Å². The first-order chi connectivity index (χ1) is 14.6. The van der Waals surface area contributed by atoms with Crippen molar-refractivity contribution in [2.45, 2.75) is 19.9 Å². The third-order valence-corrected chi connectivity index (χ3v) is 5.89. The molecule has 0 radical (unpaired) electrons. The average molecular weight is 455 g/mol. The van der Waals surface area contributed by atoms with Crippen molar-refractivity contribution in [2.24, 2.45) is 5.10 Å². The molecule has 4 rings (SSSR count). The number of nitrogens with zero attached hydrogens (tertiary/aromatic N) is 4. The molecule has 0 saturated heterocycles. The predicted molar refractivity (Wildman–Crippen MR) is 127 cm³/mol. The Bertz CT molecular complexity index is 1180. The molecule has 0 aliphatic heterocycles. The highest BCUT2D eigenvalue weighted by molar-refractivity contribution is 7.80. The zero-order chi connectivity index (χ0) is 20.9. The maximum absolute atomic E-state index is 6.03. The fourth-order valence-corrected chi connectivity index (χ4v) is 3.94. The number of aryl methyl sites for hydroxylation is 1. The molecule has 9 heteroatoms. The van der Waals surface area contributed by atoms with Gasteiger partial charge in [-0.2, -0.15) is 10.2 Å². The van der Waals surface area contributed by atoms with Gasteiger partial charge in [0.25, 0.3) is 0 Å². The van der Waals surface area contributed by atoms with Gasteiger partial charge in [-0.1, -0.05) is 72.3 Å². The Kier molecular flexibility index (Phi) is 6.37. The van der Waals surface area contributed by atoms with Crippen LogP contribution in [0.1, 0.15) is 23.2 Å². The second kappa shape index (κ2) is 9.34. The van der Waals surface area contributed by atoms with Crippen LogP contribution in [0.25, 0.3) is 16.2 Å². The Labute approximate surface area is 188 Å². The van der Waals surface area contributed by atoms with Crippen LogP contribution in [0.3, 0.4) is 0 Å². The van der Waals surface area contributed by atoms with Gasteiger partial charge >= 0.3 is 0 Å². The van der Waals surface area contributed by atoms with E-state index in [1.165, 1.54) is 0 Å². The number of aromatic nitrogens is 3. The monoisotopic (exact) mass is 454 g/mol. The largest absolute Gasteiger partial charge is 0.357 e. The lowest BCUT2D eigenvalue weighted by Crippen LogP contribution is -2.31. The highest BCUT2D eigenvalue weighted by Gasteiger charge is 2.16. The molecule has 152 valence electrons. The van der Waals surface area contributed by atoms with Crippen LogP contribution >= 0.6 is 35.2 Å². The number of hydrogen-bond acceptors (Lipinski definition) is 5. The van der Waals surface area contributed by atoms with Crippen molar-refractivity contribution in [3.63, 3.8) is 0 Å². The van der Waals surface area contributed by atoms with Crippen LogP contribution in [0, 0.1) is 0 Å². The molecule has 2 aromatic heterocycles. The number of benzene rings is 2. The van der Waals surface area contributed by atoms with E-state index in [9.17, 15) is 0 Å². The van der Waals surface area contributed by atoms with Gasteiger partial charge in [-0.3, -0.25) is 5.43 Å². The zero-order valence-corrected chi connectivity index (χ0v) is 18.6. The first-order valence-corrected chi connectivity index (χ1v) is 11.0. The second-order valence-corrected chi connectivity index (χ2v) is 8.32. The van der Waals surface area contributed by atoms with Crippen LogP contribution in [-0.4, -0.2) is 25.9 Å². The summed E-state index contributed by atoms with van der Waals surface area (Å²) >= 11 is 12.9. The Morgan fingerprint density at radius 1 is 1.20 bits per heavy atom. The molecular weight excluding hydrogens is 436 g/mol. The van der Waals surface area contributed by atoms with E-state index in [1.54, 1.807) is 17.6 Å². The quantitative estimate of drug-likeness (QED) is 0.252. The summed E-state index contributed by atoms with van der Waals surface area (Å²) in [6.07, 6.45) is 2.55. The lowest BCUT2D eigenvalue weighted by Gasteiger charge is -2.06. The number of imidazole rings is 1. The summed E-state index contributed by atoms with van der Waals surface area (Å²) in [6.45, 7) is 2.70. The number of hydrogen-bond donors (Lipinski definition) is 2. The smallest absolute Gasteiger partial charge is 0.213 e. The highest BCUT2D eigenvalue weighted by atomic mass is 35.5. The molecule has 2 aromatic carbocycles. The van der Waals surface area contributed by atoms with Gasteiger partial charge in [0.2, 0.25) is 4.96 Å². The lowest BCUT2D eigenvalue weighted by atomic mass is 10.1. The summed E-state index contributed by atoms with van der Waals surface area (Å²) < 4.78 is 1.82. The highest BCUT2D eigenvalue weighted by Crippen LogP contribution is 2.27. The van der Waals surface area contributed by atoms with Gasteiger partial charge in [0, 0.05) is 17.1 Å². The molecule has 4 aromatic rings. The molecule has 2 N–H and O–H groups in total. The zero-order valence-electron chi connectivity index (χ0n) is 16.2. The molecule has 0 bridgehead atoms. The van der Waals surface area contributed by atoms with Gasteiger partial charge < -0.3 is 5.32 Å². The molecule has 0 aliphatic carbocycles. The van der Waals surface area contributed by atoms with Crippen molar-refractivity contribution in [3.8, 4) is 11.3 Å². The summed E-state index contributed by atoms with van der Waals surface area (Å²) in [6, 6.07) is 17.6. The van der Waals surface area contributed by atoms with Gasteiger partial charge in [0.15, 0.2) is 5.11 Å². The van der Waals surface area contributed by atoms with Crippen molar-refractivity contribution in [3.05, 3.63) is 75.9 Å². The van der Waals surface area contributed by atoms with Crippen LogP contribution < -0.4 is 10.7 Å². The third-order valence-electron chi connectivity index (χ3n) is 4.35. The molecule has 0 fully saturated rings. The molecule has 6 nitrogen and oxygen atoms in total. The van der Waals surface area contributed by atoms with Gasteiger partial charge in [0.1, 0.15) is 16.4 Å². The van der Waals surface area contributed by atoms with Crippen LogP contribution in [0.15, 0.2) is 59.7 Å². The van der Waals surface area contributed by atoms with Crippen LogP contribution in [-0.2, 0) is 13.0 Å². The Morgan fingerprint density at radius 3 is 2.70 bits per heavy atom. The summed E-state index contributed by atoms with van der Waals surface area (Å²) in [5.74, 6) is 0. The molecule has 0 amide bonds. The van der Waals surface area contributed by atoms with Crippen molar-refractivity contribution >= 4 is 51.4 Å². The van der Waals surface area contributed by atoms with E-state index < -0.39 is 0 Å². The molecule has 0 atom stereocenters. The van der Waals surface area contributed by atoms with E-state index in [-0.39, 0.29) is 0 Å². The van der Waals surface area contributed by atoms with E-state index in [0.717, 1.165) is 38.9 Å². The number of halogens is 1. The summed E-state index contributed by atoms with van der Waals surface area (Å²) in [5, 5.41) is 14.2. The van der Waals surface area contributed by atoms with E-state index in [2.05, 4.69) is 27.9 Å². The maximum atomic E-state index is 6.03. The minimum Gasteiger partial charge on any atom is -0.357 e. The summed E-state index contributed by atoms with van der Waals surface area (Å²) in [7, 11) is 0. The van der Waals surface area contributed by atoms with E-state index >= 15 is 0 Å². The maximum Gasteiger partial charge on any atom is 0.213 e. The van der Waals surface area contributed by atoms with E-state index in [1.807, 2.05) is 59.1 Å². The standard InChI is InChI=1S/C21H19ClN6S2/c1-2-18-27-28-17(13-24-26-20(29)23-12-14-6-4-3-5-7-14)19(25-21(28)30-18)15-8-10-16(22)11-9-15/h3-11,13H,2,12H2,1H3,(H2,23,26,29)/b24-13-. The number of rotatable bonds is 6. The van der Waals surface area contributed by atoms with Crippen LogP contribution in [0.5, 0.6) is 0 Å². The van der Waals surface area contributed by atoms with Gasteiger partial charge in [-0.05, 0) is 36.3 Å². The second-order valence-electron chi connectivity index (χ2n) is 6.43. The topological polar surface area (TPSA) is 66.6 Å². The SMILES string of the molecule is CCc1nn2c(/C=N\NC(=S)NCc3ccccc3)c(-c3ccc(Cl)cc3)nc2s1. The Hall–Kier alpha value is -2.81. The molecule has 30 heavy (non-hydrogen) atoms. The summed E-state index contributed by atoms with van der Waals surface area (Å²) in [4.78, 5) is 5.59. The van der Waals surface area contributed by atoms with Crippen molar-refractivity contribution in [1.82, 2.24) is 25.3 Å². The van der Waals surface area contributed by atoms with Crippen molar-refractivity contribution < 1.29 is 0 Å². The normalized spacial score (nSPS) is 11.3. The summed E-state index contributed by atoms with van der Waals surface area (Å²) in [5.41, 5.74) is 6.53. The fourth-order valence-electron chi connectivity index (χ4n) is 2.85. The molecular formula is C21H19ClN6S2. The first kappa shape index (κ1) is 20.5. The minimum absolute atomic E-state index is 0.441. The van der Waals surface area contributed by atoms with Gasteiger partial charge in [0.05, 0.1) is 6.21 Å². The molecule has 0 saturated carbocycles. The van der Waals surface area contributed by atoms with Crippen LogP contribution in [0.2, 0.25) is 5.02 Å². The Morgan fingerprint density at radius 2 is 1.97 bits per heavy atom. The predicted octanol–water partition coefficient (Wildman–Crippen LogP) is 4.67. The van der Waals surface area contributed by atoms with E-state index in [0.29, 0.717) is 16.7 Å². The van der Waals surface area contributed by atoms with Gasteiger partial charge in [-0.25, -0.2) is 9.50 Å². The van der Waals surface area contributed by atoms with Crippen molar-refractivity contribution in [1.29, 1.82) is 0 Å².